The van der Waals surface area contributed by atoms with Crippen LogP contribution < -0.4 is 15.8 Å². The number of benzene rings is 1. The van der Waals surface area contributed by atoms with E-state index in [0.29, 0.717) is 34.9 Å². The van der Waals surface area contributed by atoms with Gasteiger partial charge in [0.15, 0.2) is 0 Å². The number of nitrogens with one attached hydrogen (secondary N) is 1. The highest BCUT2D eigenvalue weighted by Gasteiger charge is 2.50. The summed E-state index contributed by atoms with van der Waals surface area (Å²) < 4.78 is 5.83. The normalized spacial score (nSPS) is 28.8. The van der Waals surface area contributed by atoms with Crippen LogP contribution in [0.3, 0.4) is 0 Å². The second kappa shape index (κ2) is 10.8. The van der Waals surface area contributed by atoms with E-state index < -0.39 is 0 Å². The highest BCUT2D eigenvalue weighted by atomic mass is 35.5. The first-order chi connectivity index (χ1) is 14.1. The van der Waals surface area contributed by atoms with E-state index >= 15 is 0 Å². The lowest BCUT2D eigenvalue weighted by atomic mass is 9.49. The van der Waals surface area contributed by atoms with Gasteiger partial charge in [0.25, 0.3) is 5.91 Å². The van der Waals surface area contributed by atoms with E-state index in [1.807, 2.05) is 17.8 Å². The van der Waals surface area contributed by atoms with Crippen LogP contribution in [-0.4, -0.2) is 37.1 Å². The zero-order valence-electron chi connectivity index (χ0n) is 17.5. The second-order valence-electron chi connectivity index (χ2n) is 9.34. The quantitative estimate of drug-likeness (QED) is 0.461. The van der Waals surface area contributed by atoms with Gasteiger partial charge in [0, 0.05) is 18.8 Å². The molecule has 1 aromatic rings. The Morgan fingerprint density at radius 1 is 1.17 bits per heavy atom. The summed E-state index contributed by atoms with van der Waals surface area (Å²) in [6.45, 7) is 2.13. The molecule has 0 aliphatic heterocycles. The van der Waals surface area contributed by atoms with Gasteiger partial charge in [-0.2, -0.15) is 11.8 Å². The van der Waals surface area contributed by atoms with Crippen LogP contribution in [0.5, 0.6) is 5.75 Å². The summed E-state index contributed by atoms with van der Waals surface area (Å²) in [4.78, 5) is 12.9. The van der Waals surface area contributed by atoms with Crippen LogP contribution in [0.25, 0.3) is 0 Å². The summed E-state index contributed by atoms with van der Waals surface area (Å²) >= 11 is 8.17. The van der Waals surface area contributed by atoms with Gasteiger partial charge in [0.1, 0.15) is 5.75 Å². The Kier molecular flexibility index (Phi) is 8.65. The van der Waals surface area contributed by atoms with Crippen LogP contribution >= 0.6 is 35.8 Å². The summed E-state index contributed by atoms with van der Waals surface area (Å²) in [5.74, 6) is 5.32. The Hall–Kier alpha value is -0.620. The molecule has 7 heteroatoms. The number of halogens is 2. The molecule has 30 heavy (non-hydrogen) atoms. The average Bonchev–Trinajstić information content (AvgIpc) is 2.69. The van der Waals surface area contributed by atoms with Crippen LogP contribution in [0.2, 0.25) is 5.02 Å². The fraction of sp³-hybridized carbons (Fsp3) is 0.696. The predicted molar refractivity (Wildman–Crippen MR) is 128 cm³/mol. The Balaban J connectivity index is 0.00000256. The highest BCUT2D eigenvalue weighted by molar-refractivity contribution is 7.99. The van der Waals surface area contributed by atoms with Gasteiger partial charge in [-0.1, -0.05) is 11.6 Å². The number of amides is 1. The lowest BCUT2D eigenvalue weighted by Gasteiger charge is -2.56. The van der Waals surface area contributed by atoms with E-state index in [1.165, 1.54) is 38.5 Å². The molecule has 3 N–H and O–H groups in total. The molecule has 0 unspecified atom stereocenters. The minimum atomic E-state index is -0.0744. The number of hydrogen-bond donors (Lipinski definition) is 2. The molecule has 0 saturated heterocycles. The third-order valence-corrected chi connectivity index (χ3v) is 8.37. The maximum Gasteiger partial charge on any atom is 0.252 e. The Morgan fingerprint density at radius 2 is 1.83 bits per heavy atom. The van der Waals surface area contributed by atoms with Crippen LogP contribution in [0.1, 0.15) is 55.3 Å². The van der Waals surface area contributed by atoms with Crippen LogP contribution in [0.4, 0.5) is 0 Å². The topological polar surface area (TPSA) is 64.3 Å². The number of carbonyl (C=O) groups excluding carboxylic acids is 1. The van der Waals surface area contributed by atoms with Crippen molar-refractivity contribution < 1.29 is 9.53 Å². The van der Waals surface area contributed by atoms with Gasteiger partial charge in [0.2, 0.25) is 0 Å². The lowest BCUT2D eigenvalue weighted by Crippen LogP contribution is -2.51. The molecule has 0 spiro atoms. The molecular weight excluding hydrogens is 439 g/mol. The van der Waals surface area contributed by atoms with Gasteiger partial charge >= 0.3 is 0 Å². The molecule has 0 heterocycles. The molecular formula is C23H34Cl2N2O2S. The first-order valence-electron chi connectivity index (χ1n) is 11.1. The molecule has 4 aliphatic carbocycles. The van der Waals surface area contributed by atoms with E-state index in [4.69, 9.17) is 22.1 Å². The molecule has 0 radical (unpaired) electrons. The molecule has 4 aliphatic rings. The number of ether oxygens (including phenoxy) is 1. The molecule has 168 valence electrons. The van der Waals surface area contributed by atoms with Crippen molar-refractivity contribution in [2.24, 2.45) is 28.9 Å². The van der Waals surface area contributed by atoms with Gasteiger partial charge < -0.3 is 15.8 Å². The monoisotopic (exact) mass is 472 g/mol. The Bertz CT molecular complexity index is 696. The minimum absolute atomic E-state index is 0. The zero-order chi connectivity index (χ0) is 20.3. The van der Waals surface area contributed by atoms with Gasteiger partial charge in [0.05, 0.1) is 17.2 Å². The number of carbonyl (C=O) groups is 1. The fourth-order valence-electron chi connectivity index (χ4n) is 6.17. The first-order valence-corrected chi connectivity index (χ1v) is 12.6. The van der Waals surface area contributed by atoms with E-state index in [2.05, 4.69) is 5.32 Å². The summed E-state index contributed by atoms with van der Waals surface area (Å²) in [6, 6.07) is 5.38. The summed E-state index contributed by atoms with van der Waals surface area (Å²) in [5.41, 5.74) is 6.34. The minimum Gasteiger partial charge on any atom is -0.494 e. The molecule has 4 bridgehead atoms. The standard InChI is InChI=1S/C23H33ClN2O2S.ClH/c24-21-3-2-19(28-5-1-6-29-7-4-25)11-20(21)22(27)26-15-23-12-16-8-17(13-23)10-18(9-16)14-23;/h2-3,11,16-18H,1,4-10,12-15,25H2,(H,26,27);1H. The van der Waals surface area contributed by atoms with Crippen LogP contribution in [0, 0.1) is 23.2 Å². The maximum absolute atomic E-state index is 12.9. The van der Waals surface area contributed by atoms with Crippen molar-refractivity contribution in [2.45, 2.75) is 44.9 Å². The summed E-state index contributed by atoms with van der Waals surface area (Å²) in [7, 11) is 0. The van der Waals surface area contributed by atoms with Crippen molar-refractivity contribution in [3.63, 3.8) is 0 Å². The molecule has 4 saturated carbocycles. The molecule has 0 atom stereocenters. The number of rotatable bonds is 10. The Labute approximate surface area is 195 Å². The maximum atomic E-state index is 12.9. The molecule has 4 fully saturated rings. The second-order valence-corrected chi connectivity index (χ2v) is 11.0. The highest BCUT2D eigenvalue weighted by Crippen LogP contribution is 2.59. The first kappa shape index (κ1) is 24.0. The van der Waals surface area contributed by atoms with Gasteiger partial charge in [-0.25, -0.2) is 0 Å². The Morgan fingerprint density at radius 3 is 2.47 bits per heavy atom. The molecule has 1 aromatic carbocycles. The molecule has 1 amide bonds. The third-order valence-electron chi connectivity index (χ3n) is 6.94. The van der Waals surface area contributed by atoms with Gasteiger partial charge in [-0.3, -0.25) is 4.79 Å². The van der Waals surface area contributed by atoms with E-state index in [0.717, 1.165) is 42.2 Å². The average molecular weight is 474 g/mol. The largest absolute Gasteiger partial charge is 0.494 e. The van der Waals surface area contributed by atoms with Crippen LogP contribution in [0.15, 0.2) is 18.2 Å². The van der Waals surface area contributed by atoms with Gasteiger partial charge in [-0.05, 0) is 92.1 Å². The van der Waals surface area contributed by atoms with Crippen molar-refractivity contribution in [3.8, 4) is 5.75 Å². The summed E-state index contributed by atoms with van der Waals surface area (Å²) in [6.07, 6.45) is 9.09. The molecule has 0 aromatic heterocycles. The van der Waals surface area contributed by atoms with Gasteiger partial charge in [-0.15, -0.1) is 12.4 Å². The van der Waals surface area contributed by atoms with Crippen molar-refractivity contribution in [3.05, 3.63) is 28.8 Å². The van der Waals surface area contributed by atoms with Crippen molar-refractivity contribution >= 4 is 41.7 Å². The fourth-order valence-corrected chi connectivity index (χ4v) is 7.07. The lowest BCUT2D eigenvalue weighted by molar-refractivity contribution is -0.0503. The van der Waals surface area contributed by atoms with Crippen molar-refractivity contribution in [1.29, 1.82) is 0 Å². The van der Waals surface area contributed by atoms with Crippen molar-refractivity contribution in [1.82, 2.24) is 5.32 Å². The summed E-state index contributed by atoms with van der Waals surface area (Å²) in [5, 5.41) is 3.71. The van der Waals surface area contributed by atoms with Crippen molar-refractivity contribution in [2.75, 3.05) is 31.2 Å². The number of thioether (sulfide) groups is 1. The zero-order valence-corrected chi connectivity index (χ0v) is 19.9. The molecule has 4 nitrogen and oxygen atoms in total. The van der Waals surface area contributed by atoms with E-state index in [9.17, 15) is 4.79 Å². The molecule has 5 rings (SSSR count). The van der Waals surface area contributed by atoms with E-state index in [-0.39, 0.29) is 18.3 Å². The van der Waals surface area contributed by atoms with E-state index in [1.54, 1.807) is 12.1 Å². The predicted octanol–water partition coefficient (Wildman–Crippen LogP) is 5.17. The van der Waals surface area contributed by atoms with Crippen LogP contribution in [-0.2, 0) is 0 Å². The number of nitrogens with two attached hydrogens (primary N) is 1. The smallest absolute Gasteiger partial charge is 0.252 e. The third kappa shape index (κ3) is 5.79. The SMILES string of the molecule is Cl.NCCSCCCOc1ccc(Cl)c(C(=O)NCC23CC4CC(CC(C4)C2)C3)c1. The number of hydrogen-bond acceptors (Lipinski definition) is 4.